The van der Waals surface area contributed by atoms with Gasteiger partial charge in [-0.25, -0.2) is 0 Å². The van der Waals surface area contributed by atoms with Crippen molar-refractivity contribution in [3.63, 3.8) is 0 Å². The lowest BCUT2D eigenvalue weighted by Crippen LogP contribution is -2.28. The summed E-state index contributed by atoms with van der Waals surface area (Å²) in [6, 6.07) is 11.7. The number of nitrogens with two attached hydrogens (primary N) is 1. The lowest BCUT2D eigenvalue weighted by Gasteiger charge is -2.23. The van der Waals surface area contributed by atoms with Crippen molar-refractivity contribution in [1.29, 1.82) is 0 Å². The van der Waals surface area contributed by atoms with Gasteiger partial charge in [0.05, 0.1) is 0 Å². The molecule has 2 aromatic rings. The second-order valence-electron chi connectivity index (χ2n) is 4.49. The third-order valence-corrected chi connectivity index (χ3v) is 3.84. The number of ether oxygens (including phenoxy) is 1. The molecular formula is C15H19NO2S. The highest BCUT2D eigenvalue weighted by molar-refractivity contribution is 7.10. The molecule has 2 atom stereocenters. The fraction of sp³-hybridized carbons (Fsp3) is 0.333. The van der Waals surface area contributed by atoms with Gasteiger partial charge in [-0.15, -0.1) is 11.3 Å². The quantitative estimate of drug-likeness (QED) is 0.853. The summed E-state index contributed by atoms with van der Waals surface area (Å²) in [6.45, 7) is 2.06. The minimum Gasteiger partial charge on any atom is -0.483 e. The van der Waals surface area contributed by atoms with Gasteiger partial charge in [-0.2, -0.15) is 0 Å². The molecule has 0 saturated heterocycles. The van der Waals surface area contributed by atoms with Gasteiger partial charge in [0, 0.05) is 17.5 Å². The van der Waals surface area contributed by atoms with Gasteiger partial charge in [0.1, 0.15) is 11.9 Å². The molecule has 0 amide bonds. The number of hydrogen-bond acceptors (Lipinski definition) is 4. The Kier molecular flexibility index (Phi) is 4.96. The van der Waals surface area contributed by atoms with Crippen molar-refractivity contribution < 1.29 is 9.84 Å². The number of hydrogen-bond donors (Lipinski definition) is 2. The van der Waals surface area contributed by atoms with E-state index in [2.05, 4.69) is 0 Å². The average molecular weight is 277 g/mol. The molecule has 0 bridgehead atoms. The maximum atomic E-state index is 9.09. The first-order valence-corrected chi connectivity index (χ1v) is 7.24. The van der Waals surface area contributed by atoms with Gasteiger partial charge in [0.2, 0.25) is 0 Å². The van der Waals surface area contributed by atoms with E-state index in [4.69, 9.17) is 15.6 Å². The molecule has 102 valence electrons. The van der Waals surface area contributed by atoms with E-state index >= 15 is 0 Å². The molecule has 2 unspecified atom stereocenters. The van der Waals surface area contributed by atoms with Crippen molar-refractivity contribution in [3.8, 4) is 5.75 Å². The van der Waals surface area contributed by atoms with Crippen LogP contribution in [0.25, 0.3) is 0 Å². The second kappa shape index (κ2) is 6.70. The van der Waals surface area contributed by atoms with Crippen molar-refractivity contribution in [3.05, 3.63) is 52.2 Å². The molecule has 1 aromatic heterocycles. The van der Waals surface area contributed by atoms with Gasteiger partial charge in [-0.1, -0.05) is 24.3 Å². The molecule has 0 aliphatic heterocycles. The first-order valence-electron chi connectivity index (χ1n) is 6.36. The smallest absolute Gasteiger partial charge is 0.148 e. The Morgan fingerprint density at radius 2 is 2.05 bits per heavy atom. The third-order valence-electron chi connectivity index (χ3n) is 2.91. The standard InChI is InChI=1S/C15H19NO2S/c1-11(16)15(14-7-4-10-19-14)18-13-6-3-2-5-12(13)8-9-17/h2-7,10-11,15,17H,8-9,16H2,1H3. The molecule has 0 radical (unpaired) electrons. The average Bonchev–Trinajstić information content (AvgIpc) is 2.91. The Morgan fingerprint density at radius 1 is 1.26 bits per heavy atom. The zero-order valence-corrected chi connectivity index (χ0v) is 11.8. The van der Waals surface area contributed by atoms with E-state index in [1.165, 1.54) is 0 Å². The molecule has 0 aliphatic rings. The number of aliphatic hydroxyl groups is 1. The number of aliphatic hydroxyl groups excluding tert-OH is 1. The molecule has 4 heteroatoms. The number of para-hydroxylation sites is 1. The molecule has 1 heterocycles. The zero-order valence-electron chi connectivity index (χ0n) is 11.0. The summed E-state index contributed by atoms with van der Waals surface area (Å²) in [4.78, 5) is 1.12. The van der Waals surface area contributed by atoms with Crippen LogP contribution in [-0.2, 0) is 6.42 Å². The van der Waals surface area contributed by atoms with Gasteiger partial charge in [0.25, 0.3) is 0 Å². The molecule has 0 saturated carbocycles. The van der Waals surface area contributed by atoms with Crippen LogP contribution >= 0.6 is 11.3 Å². The molecule has 19 heavy (non-hydrogen) atoms. The van der Waals surface area contributed by atoms with Crippen LogP contribution in [0.15, 0.2) is 41.8 Å². The van der Waals surface area contributed by atoms with E-state index < -0.39 is 0 Å². The fourth-order valence-electron chi connectivity index (χ4n) is 1.96. The number of rotatable bonds is 6. The maximum absolute atomic E-state index is 9.09. The fourth-order valence-corrected chi connectivity index (χ4v) is 2.83. The van der Waals surface area contributed by atoms with E-state index in [0.29, 0.717) is 6.42 Å². The molecule has 0 spiro atoms. The molecule has 0 fully saturated rings. The minimum absolute atomic E-state index is 0.0965. The predicted molar refractivity (Wildman–Crippen MR) is 78.6 cm³/mol. The van der Waals surface area contributed by atoms with Gasteiger partial charge < -0.3 is 15.6 Å². The van der Waals surface area contributed by atoms with Crippen LogP contribution in [0.5, 0.6) is 5.75 Å². The van der Waals surface area contributed by atoms with E-state index in [-0.39, 0.29) is 18.8 Å². The summed E-state index contributed by atoms with van der Waals surface area (Å²) >= 11 is 1.64. The first-order chi connectivity index (χ1) is 9.22. The predicted octanol–water partition coefficient (Wildman–Crippen LogP) is 2.75. The summed E-state index contributed by atoms with van der Waals surface area (Å²) in [5.74, 6) is 0.798. The van der Waals surface area contributed by atoms with Crippen LogP contribution in [0.3, 0.4) is 0 Å². The van der Waals surface area contributed by atoms with Crippen LogP contribution in [0.2, 0.25) is 0 Å². The van der Waals surface area contributed by atoms with Crippen molar-refractivity contribution >= 4 is 11.3 Å². The Balaban J connectivity index is 2.22. The highest BCUT2D eigenvalue weighted by Crippen LogP contribution is 2.29. The van der Waals surface area contributed by atoms with Crippen molar-refractivity contribution in [2.24, 2.45) is 5.73 Å². The topological polar surface area (TPSA) is 55.5 Å². The van der Waals surface area contributed by atoms with Crippen LogP contribution in [0, 0.1) is 0 Å². The maximum Gasteiger partial charge on any atom is 0.148 e. The minimum atomic E-state index is -0.153. The summed E-state index contributed by atoms with van der Waals surface area (Å²) in [6.07, 6.45) is 0.437. The zero-order chi connectivity index (χ0) is 13.7. The van der Waals surface area contributed by atoms with Gasteiger partial charge in [0.15, 0.2) is 0 Å². The third kappa shape index (κ3) is 3.56. The van der Waals surface area contributed by atoms with E-state index in [1.54, 1.807) is 11.3 Å². The summed E-state index contributed by atoms with van der Waals surface area (Å²) < 4.78 is 6.08. The van der Waals surface area contributed by atoms with E-state index in [1.807, 2.05) is 48.7 Å². The largest absolute Gasteiger partial charge is 0.483 e. The molecule has 2 rings (SSSR count). The summed E-state index contributed by atoms with van der Waals surface area (Å²) in [5, 5.41) is 11.1. The second-order valence-corrected chi connectivity index (χ2v) is 5.47. The Bertz CT molecular complexity index is 497. The molecule has 3 nitrogen and oxygen atoms in total. The van der Waals surface area contributed by atoms with Crippen molar-refractivity contribution in [2.45, 2.75) is 25.5 Å². The van der Waals surface area contributed by atoms with Gasteiger partial charge >= 0.3 is 0 Å². The number of benzene rings is 1. The van der Waals surface area contributed by atoms with Crippen LogP contribution in [-0.4, -0.2) is 17.8 Å². The highest BCUT2D eigenvalue weighted by atomic mass is 32.1. The van der Waals surface area contributed by atoms with Crippen LogP contribution in [0.4, 0.5) is 0 Å². The molecule has 3 N–H and O–H groups in total. The normalized spacial score (nSPS) is 14.1. The van der Waals surface area contributed by atoms with Gasteiger partial charge in [-0.05, 0) is 36.4 Å². The monoisotopic (exact) mass is 277 g/mol. The van der Waals surface area contributed by atoms with E-state index in [9.17, 15) is 0 Å². The molecule has 1 aromatic carbocycles. The Morgan fingerprint density at radius 3 is 2.68 bits per heavy atom. The highest BCUT2D eigenvalue weighted by Gasteiger charge is 2.20. The SMILES string of the molecule is CC(N)C(Oc1ccccc1CCO)c1cccs1. The number of thiophene rings is 1. The van der Waals surface area contributed by atoms with Crippen LogP contribution in [0.1, 0.15) is 23.5 Å². The van der Waals surface area contributed by atoms with Crippen LogP contribution < -0.4 is 10.5 Å². The first kappa shape index (κ1) is 14.1. The van der Waals surface area contributed by atoms with Gasteiger partial charge in [-0.3, -0.25) is 0 Å². The Labute approximate surface area is 117 Å². The van der Waals surface area contributed by atoms with Crippen molar-refractivity contribution in [2.75, 3.05) is 6.61 Å². The van der Waals surface area contributed by atoms with E-state index in [0.717, 1.165) is 16.2 Å². The summed E-state index contributed by atoms with van der Waals surface area (Å²) in [7, 11) is 0. The van der Waals surface area contributed by atoms with Crippen molar-refractivity contribution in [1.82, 2.24) is 0 Å². The molecular weight excluding hydrogens is 258 g/mol. The lowest BCUT2D eigenvalue weighted by atomic mass is 10.1. The summed E-state index contributed by atoms with van der Waals surface area (Å²) in [5.41, 5.74) is 7.04. The Hall–Kier alpha value is -1.36. The molecule has 0 aliphatic carbocycles. The lowest BCUT2D eigenvalue weighted by molar-refractivity contribution is 0.181.